The molecule has 21 heavy (non-hydrogen) atoms. The largest absolute Gasteiger partial charge is 0.534 e. The molecule has 1 amide bonds. The number of halogens is 3. The molecular weight excluding hydrogens is 315 g/mol. The zero-order chi connectivity index (χ0) is 15.8. The Morgan fingerprint density at radius 1 is 1.33 bits per heavy atom. The molecule has 1 aliphatic heterocycles. The van der Waals surface area contributed by atoms with E-state index < -0.39 is 27.5 Å². The standard InChI is InChI=1S/C11H10F3NO5S/c12-11(13,14)21(18,19)20-9-3-1-2-7-4-5-15(10(16)17)6-8(7)9/h1-3H,4-6H2,(H,16,17). The van der Waals surface area contributed by atoms with E-state index in [0.717, 1.165) is 11.0 Å². The van der Waals surface area contributed by atoms with E-state index in [0.29, 0.717) is 5.56 Å². The molecule has 0 aromatic heterocycles. The molecule has 0 fully saturated rings. The van der Waals surface area contributed by atoms with Crippen LogP contribution in [0.2, 0.25) is 0 Å². The van der Waals surface area contributed by atoms with Gasteiger partial charge in [0.05, 0.1) is 6.54 Å². The fourth-order valence-corrected chi connectivity index (χ4v) is 2.44. The molecule has 0 atom stereocenters. The number of hydrogen-bond acceptors (Lipinski definition) is 4. The summed E-state index contributed by atoms with van der Waals surface area (Å²) in [5.74, 6) is -0.504. The minimum atomic E-state index is -5.79. The molecule has 2 rings (SSSR count). The molecule has 1 aliphatic rings. The Morgan fingerprint density at radius 2 is 2.00 bits per heavy atom. The summed E-state index contributed by atoms with van der Waals surface area (Å²) in [6.07, 6.45) is -0.973. The first-order chi connectivity index (χ1) is 9.62. The normalized spacial score (nSPS) is 15.5. The van der Waals surface area contributed by atoms with E-state index in [2.05, 4.69) is 4.18 Å². The monoisotopic (exact) mass is 325 g/mol. The number of benzene rings is 1. The van der Waals surface area contributed by atoms with Gasteiger partial charge in [-0.1, -0.05) is 12.1 Å². The van der Waals surface area contributed by atoms with Gasteiger partial charge in [0.2, 0.25) is 0 Å². The summed E-state index contributed by atoms with van der Waals surface area (Å²) in [6.45, 7) is -0.0496. The highest BCUT2D eigenvalue weighted by Gasteiger charge is 2.49. The predicted molar refractivity (Wildman–Crippen MR) is 64.2 cm³/mol. The second kappa shape index (κ2) is 5.10. The summed E-state index contributed by atoms with van der Waals surface area (Å²) < 4.78 is 63.2. The number of hydrogen-bond donors (Lipinski definition) is 1. The van der Waals surface area contributed by atoms with Gasteiger partial charge in [0.15, 0.2) is 0 Å². The van der Waals surface area contributed by atoms with Crippen LogP contribution in [0.3, 0.4) is 0 Å². The zero-order valence-electron chi connectivity index (χ0n) is 10.4. The van der Waals surface area contributed by atoms with E-state index in [1.54, 1.807) is 6.07 Å². The van der Waals surface area contributed by atoms with Crippen molar-refractivity contribution in [1.29, 1.82) is 0 Å². The Morgan fingerprint density at radius 3 is 2.57 bits per heavy atom. The Labute approximate surface area is 117 Å². The van der Waals surface area contributed by atoms with Crippen molar-refractivity contribution < 1.29 is 35.7 Å². The van der Waals surface area contributed by atoms with Gasteiger partial charge < -0.3 is 14.2 Å². The fourth-order valence-electron chi connectivity index (χ4n) is 1.96. The number of alkyl halides is 3. The van der Waals surface area contributed by atoms with Gasteiger partial charge in [-0.15, -0.1) is 0 Å². The third-order valence-electron chi connectivity index (χ3n) is 2.98. The molecule has 0 aliphatic carbocycles. The fraction of sp³-hybridized carbons (Fsp3) is 0.364. The van der Waals surface area contributed by atoms with Gasteiger partial charge in [-0.3, -0.25) is 0 Å². The zero-order valence-corrected chi connectivity index (χ0v) is 11.2. The van der Waals surface area contributed by atoms with Crippen molar-refractivity contribution in [3.63, 3.8) is 0 Å². The third-order valence-corrected chi connectivity index (χ3v) is 3.95. The Hall–Kier alpha value is -1.97. The van der Waals surface area contributed by atoms with Crippen LogP contribution in [0.5, 0.6) is 5.75 Å². The summed E-state index contributed by atoms with van der Waals surface area (Å²) in [6, 6.07) is 4.01. The lowest BCUT2D eigenvalue weighted by atomic mass is 9.99. The minimum Gasteiger partial charge on any atom is -0.465 e. The molecule has 0 saturated heterocycles. The van der Waals surface area contributed by atoms with Crippen LogP contribution in [0, 0.1) is 0 Å². The smallest absolute Gasteiger partial charge is 0.465 e. The summed E-state index contributed by atoms with van der Waals surface area (Å²) in [5, 5.41) is 8.90. The van der Waals surface area contributed by atoms with Crippen LogP contribution in [0.4, 0.5) is 18.0 Å². The second-order valence-electron chi connectivity index (χ2n) is 4.33. The minimum absolute atomic E-state index is 0.124. The second-order valence-corrected chi connectivity index (χ2v) is 5.87. The number of carboxylic acid groups (broad SMARTS) is 1. The van der Waals surface area contributed by atoms with Gasteiger partial charge in [-0.25, -0.2) is 4.79 Å². The van der Waals surface area contributed by atoms with E-state index in [4.69, 9.17) is 5.11 Å². The molecule has 0 spiro atoms. The van der Waals surface area contributed by atoms with E-state index >= 15 is 0 Å². The topological polar surface area (TPSA) is 83.9 Å². The van der Waals surface area contributed by atoms with Crippen molar-refractivity contribution in [2.75, 3.05) is 6.54 Å². The number of carbonyl (C=O) groups is 1. The van der Waals surface area contributed by atoms with Crippen LogP contribution in [-0.2, 0) is 23.1 Å². The Balaban J connectivity index is 2.38. The number of fused-ring (bicyclic) bond motifs is 1. The maximum absolute atomic E-state index is 12.3. The molecule has 1 N–H and O–H groups in total. The van der Waals surface area contributed by atoms with E-state index in [1.807, 2.05) is 0 Å². The van der Waals surface area contributed by atoms with Crippen LogP contribution in [0.25, 0.3) is 0 Å². The van der Waals surface area contributed by atoms with Gasteiger partial charge in [-0.2, -0.15) is 21.6 Å². The summed E-state index contributed by atoms with van der Waals surface area (Å²) in [4.78, 5) is 11.9. The maximum Gasteiger partial charge on any atom is 0.534 e. The molecule has 1 heterocycles. The Kier molecular flexibility index (Phi) is 3.74. The lowest BCUT2D eigenvalue weighted by Crippen LogP contribution is -2.35. The molecule has 10 heteroatoms. The van der Waals surface area contributed by atoms with Crippen LogP contribution in [0.1, 0.15) is 11.1 Å². The molecule has 1 aromatic carbocycles. The van der Waals surface area contributed by atoms with Crippen molar-refractivity contribution in [1.82, 2.24) is 4.90 Å². The van der Waals surface area contributed by atoms with Crippen LogP contribution >= 0.6 is 0 Å². The molecule has 116 valence electrons. The van der Waals surface area contributed by atoms with E-state index in [9.17, 15) is 26.4 Å². The molecule has 0 bridgehead atoms. The summed E-state index contributed by atoms with van der Waals surface area (Å²) >= 11 is 0. The van der Waals surface area contributed by atoms with E-state index in [1.165, 1.54) is 6.07 Å². The van der Waals surface area contributed by atoms with Gasteiger partial charge in [0, 0.05) is 12.1 Å². The van der Waals surface area contributed by atoms with Crippen molar-refractivity contribution in [3.05, 3.63) is 29.3 Å². The molecule has 0 unspecified atom stereocenters. The van der Waals surface area contributed by atoms with Crippen molar-refractivity contribution in [2.45, 2.75) is 18.5 Å². The van der Waals surface area contributed by atoms with Crippen LogP contribution in [-0.4, -0.2) is 36.6 Å². The Bertz CT molecular complexity index is 671. The summed E-state index contributed by atoms with van der Waals surface area (Å²) in [5.41, 5.74) is -4.86. The lowest BCUT2D eigenvalue weighted by Gasteiger charge is -2.27. The lowest BCUT2D eigenvalue weighted by molar-refractivity contribution is -0.0500. The third kappa shape index (κ3) is 3.04. The van der Waals surface area contributed by atoms with Gasteiger partial charge in [0.1, 0.15) is 5.75 Å². The predicted octanol–water partition coefficient (Wildman–Crippen LogP) is 1.95. The quantitative estimate of drug-likeness (QED) is 0.664. The van der Waals surface area contributed by atoms with Crippen LogP contribution in [0.15, 0.2) is 18.2 Å². The highest BCUT2D eigenvalue weighted by Crippen LogP contribution is 2.32. The van der Waals surface area contributed by atoms with Crippen molar-refractivity contribution >= 4 is 16.2 Å². The highest BCUT2D eigenvalue weighted by atomic mass is 32.2. The number of amides is 1. The first kappa shape index (κ1) is 15.4. The number of rotatable bonds is 2. The number of nitrogens with zero attached hydrogens (tertiary/aromatic N) is 1. The highest BCUT2D eigenvalue weighted by molar-refractivity contribution is 7.88. The van der Waals surface area contributed by atoms with E-state index in [-0.39, 0.29) is 25.1 Å². The van der Waals surface area contributed by atoms with Crippen LogP contribution < -0.4 is 4.18 Å². The van der Waals surface area contributed by atoms with Crippen molar-refractivity contribution in [3.8, 4) is 5.75 Å². The van der Waals surface area contributed by atoms with Gasteiger partial charge in [-0.05, 0) is 18.1 Å². The molecule has 0 saturated carbocycles. The molecular formula is C11H10F3NO5S. The van der Waals surface area contributed by atoms with Crippen molar-refractivity contribution in [2.24, 2.45) is 0 Å². The SMILES string of the molecule is O=C(O)N1CCc2cccc(OS(=O)(=O)C(F)(F)F)c2C1. The average Bonchev–Trinajstić information content (AvgIpc) is 2.36. The average molecular weight is 325 g/mol. The van der Waals surface area contributed by atoms with Gasteiger partial charge >= 0.3 is 21.7 Å². The van der Waals surface area contributed by atoms with Gasteiger partial charge in [0.25, 0.3) is 0 Å². The molecule has 0 radical (unpaired) electrons. The maximum atomic E-state index is 12.3. The first-order valence-corrected chi connectivity index (χ1v) is 7.12. The first-order valence-electron chi connectivity index (χ1n) is 5.71. The molecule has 6 nitrogen and oxygen atoms in total. The summed E-state index contributed by atoms with van der Waals surface area (Å²) in [7, 11) is -5.79. The molecule has 1 aromatic rings.